The van der Waals surface area contributed by atoms with Crippen molar-refractivity contribution in [2.45, 2.75) is 19.8 Å². The maximum Gasteiger partial charge on any atom is 0.312 e. The van der Waals surface area contributed by atoms with Gasteiger partial charge in [-0.1, -0.05) is 6.07 Å². The van der Waals surface area contributed by atoms with E-state index in [0.717, 1.165) is 36.4 Å². The third-order valence-corrected chi connectivity index (χ3v) is 4.65. The van der Waals surface area contributed by atoms with Gasteiger partial charge in [-0.3, -0.25) is 4.79 Å². The monoisotopic (exact) mass is 324 g/mol. The quantitative estimate of drug-likeness (QED) is 0.633. The SMILES string of the molecule is CCOC(=O)[C@@]12CCN(c3cccc(Br)n3)C[C@@H]1C2. The molecule has 0 bridgehead atoms. The molecule has 1 saturated carbocycles. The molecule has 1 aromatic heterocycles. The Labute approximate surface area is 121 Å². The molecular formula is C14H17BrN2O2. The van der Waals surface area contributed by atoms with Gasteiger partial charge in [0.15, 0.2) is 0 Å². The number of aromatic nitrogens is 1. The van der Waals surface area contributed by atoms with E-state index in [1.165, 1.54) is 0 Å². The summed E-state index contributed by atoms with van der Waals surface area (Å²) in [7, 11) is 0. The van der Waals surface area contributed by atoms with E-state index >= 15 is 0 Å². The summed E-state index contributed by atoms with van der Waals surface area (Å²) in [6.07, 6.45) is 1.85. The molecule has 0 amide bonds. The van der Waals surface area contributed by atoms with Crippen LogP contribution < -0.4 is 4.90 Å². The van der Waals surface area contributed by atoms with Gasteiger partial charge < -0.3 is 9.64 Å². The molecule has 3 rings (SSSR count). The molecule has 2 fully saturated rings. The molecule has 19 heavy (non-hydrogen) atoms. The third kappa shape index (κ3) is 2.24. The Morgan fingerprint density at radius 3 is 3.16 bits per heavy atom. The van der Waals surface area contributed by atoms with E-state index in [1.54, 1.807) is 0 Å². The van der Waals surface area contributed by atoms with Gasteiger partial charge in [-0.2, -0.15) is 0 Å². The van der Waals surface area contributed by atoms with Crippen molar-refractivity contribution in [1.29, 1.82) is 0 Å². The number of anilines is 1. The van der Waals surface area contributed by atoms with Crippen LogP contribution in [0.25, 0.3) is 0 Å². The zero-order valence-corrected chi connectivity index (χ0v) is 12.5. The molecule has 2 aliphatic rings. The van der Waals surface area contributed by atoms with Crippen LogP contribution in [0.15, 0.2) is 22.8 Å². The molecule has 1 aromatic rings. The van der Waals surface area contributed by atoms with Gasteiger partial charge in [-0.05, 0) is 53.7 Å². The minimum atomic E-state index is -0.182. The minimum Gasteiger partial charge on any atom is -0.466 e. The largest absolute Gasteiger partial charge is 0.466 e. The number of hydrogen-bond donors (Lipinski definition) is 0. The number of carbonyl (C=O) groups excluding carboxylic acids is 1. The van der Waals surface area contributed by atoms with Crippen molar-refractivity contribution in [3.8, 4) is 0 Å². The number of esters is 1. The summed E-state index contributed by atoms with van der Waals surface area (Å²) < 4.78 is 6.06. The fraction of sp³-hybridized carbons (Fsp3) is 0.571. The molecule has 4 nitrogen and oxygen atoms in total. The summed E-state index contributed by atoms with van der Waals surface area (Å²) in [5, 5.41) is 0. The topological polar surface area (TPSA) is 42.4 Å². The lowest BCUT2D eigenvalue weighted by molar-refractivity contribution is -0.150. The van der Waals surface area contributed by atoms with E-state index in [4.69, 9.17) is 4.74 Å². The third-order valence-electron chi connectivity index (χ3n) is 4.21. The second-order valence-corrected chi connectivity index (χ2v) is 6.10. The first-order valence-corrected chi connectivity index (χ1v) is 7.50. The van der Waals surface area contributed by atoms with Crippen LogP contribution in [0.4, 0.5) is 5.82 Å². The van der Waals surface area contributed by atoms with E-state index < -0.39 is 0 Å². The van der Waals surface area contributed by atoms with Crippen LogP contribution in [-0.4, -0.2) is 30.6 Å². The first kappa shape index (κ1) is 12.9. The maximum atomic E-state index is 12.0. The van der Waals surface area contributed by atoms with Gasteiger partial charge in [0.2, 0.25) is 0 Å². The van der Waals surface area contributed by atoms with Crippen molar-refractivity contribution in [3.63, 3.8) is 0 Å². The van der Waals surface area contributed by atoms with Crippen molar-refractivity contribution >= 4 is 27.7 Å². The van der Waals surface area contributed by atoms with Crippen LogP contribution in [0, 0.1) is 11.3 Å². The van der Waals surface area contributed by atoms with Crippen LogP contribution >= 0.6 is 15.9 Å². The summed E-state index contributed by atoms with van der Waals surface area (Å²) in [4.78, 5) is 18.7. The molecule has 1 saturated heterocycles. The molecule has 0 N–H and O–H groups in total. The zero-order valence-electron chi connectivity index (χ0n) is 10.9. The first-order valence-electron chi connectivity index (χ1n) is 6.70. The molecule has 1 aliphatic carbocycles. The van der Waals surface area contributed by atoms with Gasteiger partial charge in [0, 0.05) is 13.1 Å². The fourth-order valence-electron chi connectivity index (χ4n) is 3.03. The number of carbonyl (C=O) groups is 1. The molecule has 0 spiro atoms. The smallest absolute Gasteiger partial charge is 0.312 e. The Bertz CT molecular complexity index is 508. The zero-order chi connectivity index (χ0) is 13.5. The van der Waals surface area contributed by atoms with E-state index in [1.807, 2.05) is 25.1 Å². The standard InChI is InChI=1S/C14H17BrN2O2/c1-2-19-13(18)14-6-7-17(9-10(14)8-14)12-5-3-4-11(15)16-12/h3-5,10H,2,6-9H2,1H3/t10-,14+/m0/s1. The molecule has 102 valence electrons. The lowest BCUT2D eigenvalue weighted by Crippen LogP contribution is -2.38. The average molecular weight is 325 g/mol. The summed E-state index contributed by atoms with van der Waals surface area (Å²) in [5.41, 5.74) is -0.182. The molecule has 5 heteroatoms. The molecule has 0 unspecified atom stereocenters. The van der Waals surface area contributed by atoms with E-state index in [0.29, 0.717) is 12.5 Å². The Kier molecular flexibility index (Phi) is 3.25. The highest BCUT2D eigenvalue weighted by Crippen LogP contribution is 2.58. The van der Waals surface area contributed by atoms with Gasteiger partial charge in [0.1, 0.15) is 10.4 Å². The molecule has 0 aromatic carbocycles. The first-order chi connectivity index (χ1) is 9.15. The second kappa shape index (κ2) is 4.78. The predicted molar refractivity (Wildman–Crippen MR) is 75.9 cm³/mol. The van der Waals surface area contributed by atoms with Crippen molar-refractivity contribution in [2.24, 2.45) is 11.3 Å². The number of hydrogen-bond acceptors (Lipinski definition) is 4. The maximum absolute atomic E-state index is 12.0. The number of ether oxygens (including phenoxy) is 1. The Morgan fingerprint density at radius 2 is 2.47 bits per heavy atom. The molecule has 2 heterocycles. The van der Waals surface area contributed by atoms with Gasteiger partial charge in [0.05, 0.1) is 12.0 Å². The van der Waals surface area contributed by atoms with Gasteiger partial charge in [-0.15, -0.1) is 0 Å². The van der Waals surface area contributed by atoms with Crippen molar-refractivity contribution in [3.05, 3.63) is 22.8 Å². The van der Waals surface area contributed by atoms with E-state index in [9.17, 15) is 4.79 Å². The summed E-state index contributed by atoms with van der Waals surface area (Å²) >= 11 is 3.40. The molecule has 2 atom stereocenters. The van der Waals surface area contributed by atoms with Crippen LogP contribution in [0.2, 0.25) is 0 Å². The Morgan fingerprint density at radius 1 is 1.63 bits per heavy atom. The highest BCUT2D eigenvalue weighted by molar-refractivity contribution is 9.10. The van der Waals surface area contributed by atoms with Gasteiger partial charge >= 0.3 is 5.97 Å². The lowest BCUT2D eigenvalue weighted by Gasteiger charge is -2.31. The number of halogens is 1. The number of fused-ring (bicyclic) bond motifs is 1. The van der Waals surface area contributed by atoms with Crippen LogP contribution in [0.3, 0.4) is 0 Å². The Balaban J connectivity index is 1.69. The minimum absolute atomic E-state index is 0.00171. The average Bonchev–Trinajstić information content (AvgIpc) is 3.13. The normalized spacial score (nSPS) is 28.7. The highest BCUT2D eigenvalue weighted by atomic mass is 79.9. The van der Waals surface area contributed by atoms with E-state index in [2.05, 4.69) is 25.8 Å². The highest BCUT2D eigenvalue weighted by Gasteiger charge is 2.63. The summed E-state index contributed by atoms with van der Waals surface area (Å²) in [5.74, 6) is 1.42. The van der Waals surface area contributed by atoms with Crippen molar-refractivity contribution in [2.75, 3.05) is 24.6 Å². The summed E-state index contributed by atoms with van der Waals surface area (Å²) in [6, 6.07) is 5.94. The van der Waals surface area contributed by atoms with E-state index in [-0.39, 0.29) is 11.4 Å². The van der Waals surface area contributed by atoms with Crippen LogP contribution in [-0.2, 0) is 9.53 Å². The number of pyridine rings is 1. The van der Waals surface area contributed by atoms with Crippen LogP contribution in [0.5, 0.6) is 0 Å². The molecular weight excluding hydrogens is 308 g/mol. The molecule has 1 aliphatic heterocycles. The number of nitrogens with zero attached hydrogens (tertiary/aromatic N) is 2. The lowest BCUT2D eigenvalue weighted by atomic mass is 9.95. The van der Waals surface area contributed by atoms with Crippen molar-refractivity contribution < 1.29 is 9.53 Å². The molecule has 0 radical (unpaired) electrons. The number of rotatable bonds is 3. The Hall–Kier alpha value is -1.10. The van der Waals surface area contributed by atoms with Crippen molar-refractivity contribution in [1.82, 2.24) is 4.98 Å². The number of piperidine rings is 1. The second-order valence-electron chi connectivity index (χ2n) is 5.29. The predicted octanol–water partition coefficient (Wildman–Crippen LogP) is 2.62. The fourth-order valence-corrected chi connectivity index (χ4v) is 3.36. The van der Waals surface area contributed by atoms with Gasteiger partial charge in [-0.25, -0.2) is 4.98 Å². The van der Waals surface area contributed by atoms with Gasteiger partial charge in [0.25, 0.3) is 0 Å². The van der Waals surface area contributed by atoms with Crippen LogP contribution in [0.1, 0.15) is 19.8 Å². The summed E-state index contributed by atoms with van der Waals surface area (Å²) in [6.45, 7) is 4.12.